The molecule has 3 saturated heterocycles. The van der Waals surface area contributed by atoms with Crippen molar-refractivity contribution >= 4 is 23.1 Å². The van der Waals surface area contributed by atoms with E-state index in [4.69, 9.17) is 9.47 Å². The fourth-order valence-corrected chi connectivity index (χ4v) is 5.95. The minimum atomic E-state index is 0.0479. The number of rotatable bonds is 4. The van der Waals surface area contributed by atoms with Gasteiger partial charge in [0.25, 0.3) is 0 Å². The molecule has 0 spiro atoms. The van der Waals surface area contributed by atoms with Gasteiger partial charge in [-0.15, -0.1) is 0 Å². The number of amides is 1. The number of carbonyl (C=O) groups excluding carboxylic acids is 1. The topological polar surface area (TPSA) is 70.2 Å². The van der Waals surface area contributed by atoms with Crippen molar-refractivity contribution in [2.24, 2.45) is 0 Å². The van der Waals surface area contributed by atoms with E-state index in [1.54, 1.807) is 0 Å². The monoisotopic (exact) mass is 489 g/mol. The molecule has 2 aromatic rings. The van der Waals surface area contributed by atoms with Crippen molar-refractivity contribution in [2.75, 3.05) is 62.7 Å². The zero-order valence-electron chi connectivity index (χ0n) is 20.8. The minimum absolute atomic E-state index is 0.0479. The second kappa shape index (κ2) is 10.1. The molecule has 3 fully saturated rings. The average molecular weight is 490 g/mol. The summed E-state index contributed by atoms with van der Waals surface area (Å²) in [5.41, 5.74) is 4.64. The summed E-state index contributed by atoms with van der Waals surface area (Å²) >= 11 is 0. The van der Waals surface area contributed by atoms with E-state index >= 15 is 0 Å². The molecule has 1 N–H and O–H groups in total. The summed E-state index contributed by atoms with van der Waals surface area (Å²) in [4.78, 5) is 23.3. The van der Waals surface area contributed by atoms with Gasteiger partial charge in [0.05, 0.1) is 24.5 Å². The molecule has 0 aliphatic carbocycles. The number of pyridine rings is 1. The molecule has 0 radical (unpaired) electrons. The lowest BCUT2D eigenvalue weighted by Gasteiger charge is -2.44. The first-order valence-corrected chi connectivity index (χ1v) is 13.2. The van der Waals surface area contributed by atoms with Crippen LogP contribution in [0.5, 0.6) is 5.75 Å². The number of nitrogens with one attached hydrogen (secondary N) is 1. The molecule has 190 valence electrons. The third kappa shape index (κ3) is 4.55. The van der Waals surface area contributed by atoms with E-state index in [1.165, 1.54) is 30.2 Å². The van der Waals surface area contributed by atoms with Gasteiger partial charge in [0.15, 0.2) is 0 Å². The summed E-state index contributed by atoms with van der Waals surface area (Å²) in [6, 6.07) is 9.19. The Labute approximate surface area is 212 Å². The van der Waals surface area contributed by atoms with Gasteiger partial charge in [0.1, 0.15) is 18.2 Å². The average Bonchev–Trinajstić information content (AvgIpc) is 3.24. The molecule has 0 saturated carbocycles. The fourth-order valence-electron chi connectivity index (χ4n) is 5.95. The summed E-state index contributed by atoms with van der Waals surface area (Å²) < 4.78 is 11.8. The summed E-state index contributed by atoms with van der Waals surface area (Å²) in [7, 11) is 0. The van der Waals surface area contributed by atoms with Gasteiger partial charge in [-0.1, -0.05) is 12.6 Å². The molecule has 1 aromatic heterocycles. The van der Waals surface area contributed by atoms with Crippen molar-refractivity contribution in [3.8, 4) is 5.75 Å². The van der Waals surface area contributed by atoms with Crippen LogP contribution >= 0.6 is 0 Å². The molecule has 1 amide bonds. The van der Waals surface area contributed by atoms with Crippen LogP contribution in [-0.4, -0.2) is 79.2 Å². The number of hydrogen-bond donors (Lipinski definition) is 1. The first-order valence-electron chi connectivity index (χ1n) is 13.2. The van der Waals surface area contributed by atoms with E-state index in [2.05, 4.69) is 50.9 Å². The lowest BCUT2D eigenvalue weighted by molar-refractivity contribution is -0.133. The Hall–Kier alpha value is -3.10. The molecular weight excluding hydrogens is 454 g/mol. The quantitative estimate of drug-likeness (QED) is 0.659. The van der Waals surface area contributed by atoms with Gasteiger partial charge >= 0.3 is 0 Å². The van der Waals surface area contributed by atoms with Crippen molar-refractivity contribution in [2.45, 2.75) is 37.8 Å². The van der Waals surface area contributed by atoms with E-state index < -0.39 is 0 Å². The number of aromatic nitrogens is 1. The number of morpholine rings is 1. The van der Waals surface area contributed by atoms with Crippen LogP contribution in [-0.2, 0) is 16.1 Å². The highest BCUT2D eigenvalue weighted by Crippen LogP contribution is 2.40. The lowest BCUT2D eigenvalue weighted by Crippen LogP contribution is -2.60. The third-order valence-corrected chi connectivity index (χ3v) is 8.11. The van der Waals surface area contributed by atoms with E-state index in [9.17, 15) is 4.79 Å². The van der Waals surface area contributed by atoms with Crippen molar-refractivity contribution < 1.29 is 14.3 Å². The number of hydrogen-bond acceptors (Lipinski definition) is 7. The van der Waals surface area contributed by atoms with Gasteiger partial charge in [-0.2, -0.15) is 0 Å². The van der Waals surface area contributed by atoms with E-state index in [1.807, 2.05) is 11.1 Å². The van der Waals surface area contributed by atoms with Crippen LogP contribution in [0, 0.1) is 0 Å². The molecule has 8 nitrogen and oxygen atoms in total. The van der Waals surface area contributed by atoms with Gasteiger partial charge in [0, 0.05) is 44.1 Å². The zero-order chi connectivity index (χ0) is 24.5. The van der Waals surface area contributed by atoms with Crippen LogP contribution in [0.15, 0.2) is 43.1 Å². The molecule has 6 rings (SSSR count). The van der Waals surface area contributed by atoms with Crippen molar-refractivity contribution in [1.29, 1.82) is 0 Å². The van der Waals surface area contributed by atoms with Crippen LogP contribution in [0.4, 0.5) is 17.2 Å². The highest BCUT2D eigenvalue weighted by molar-refractivity contribution is 5.87. The Morgan fingerprint density at radius 2 is 1.97 bits per heavy atom. The molecule has 1 atom stereocenters. The van der Waals surface area contributed by atoms with E-state index in [0.29, 0.717) is 18.6 Å². The number of carbonyl (C=O) groups is 1. The number of anilines is 3. The molecule has 0 bridgehead atoms. The molecule has 4 aliphatic heterocycles. The lowest BCUT2D eigenvalue weighted by atomic mass is 9.91. The van der Waals surface area contributed by atoms with Crippen molar-refractivity contribution in [3.63, 3.8) is 0 Å². The number of fused-ring (bicyclic) bond motifs is 2. The van der Waals surface area contributed by atoms with E-state index in [0.717, 1.165) is 81.7 Å². The largest absolute Gasteiger partial charge is 0.487 e. The highest BCUT2D eigenvalue weighted by atomic mass is 16.5. The van der Waals surface area contributed by atoms with Crippen LogP contribution < -0.4 is 15.0 Å². The maximum absolute atomic E-state index is 11.8. The van der Waals surface area contributed by atoms with Crippen LogP contribution in [0.25, 0.3) is 0 Å². The first-order chi connectivity index (χ1) is 17.7. The summed E-state index contributed by atoms with van der Waals surface area (Å²) in [6.07, 6.45) is 6.78. The minimum Gasteiger partial charge on any atom is -0.487 e. The Morgan fingerprint density at radius 3 is 2.81 bits per heavy atom. The van der Waals surface area contributed by atoms with Crippen LogP contribution in [0.2, 0.25) is 0 Å². The van der Waals surface area contributed by atoms with Crippen LogP contribution in [0.3, 0.4) is 0 Å². The van der Waals surface area contributed by atoms with Crippen LogP contribution in [0.1, 0.15) is 36.3 Å². The maximum Gasteiger partial charge on any atom is 0.246 e. The molecule has 1 aromatic carbocycles. The number of ether oxygens (including phenoxy) is 2. The normalized spacial score (nSPS) is 22.7. The molecule has 1 unspecified atom stereocenters. The van der Waals surface area contributed by atoms with Gasteiger partial charge in [-0.3, -0.25) is 9.69 Å². The van der Waals surface area contributed by atoms with Crippen molar-refractivity contribution in [1.82, 2.24) is 14.8 Å². The molecule has 36 heavy (non-hydrogen) atoms. The van der Waals surface area contributed by atoms with Gasteiger partial charge in [-0.25, -0.2) is 4.98 Å². The Balaban J connectivity index is 1.15. The van der Waals surface area contributed by atoms with E-state index in [-0.39, 0.29) is 5.91 Å². The third-order valence-electron chi connectivity index (χ3n) is 8.11. The number of benzene rings is 1. The smallest absolute Gasteiger partial charge is 0.246 e. The van der Waals surface area contributed by atoms with Crippen molar-refractivity contribution in [3.05, 3.63) is 54.2 Å². The first kappa shape index (κ1) is 23.3. The molecule has 4 aliphatic rings. The van der Waals surface area contributed by atoms with Gasteiger partial charge < -0.3 is 24.6 Å². The Kier molecular flexibility index (Phi) is 6.54. The summed E-state index contributed by atoms with van der Waals surface area (Å²) in [5, 5.41) is 3.59. The van der Waals surface area contributed by atoms with Gasteiger partial charge in [-0.05, 0) is 68.1 Å². The highest BCUT2D eigenvalue weighted by Gasteiger charge is 2.35. The van der Waals surface area contributed by atoms with Gasteiger partial charge in [0.2, 0.25) is 5.91 Å². The second-order valence-electron chi connectivity index (χ2n) is 10.2. The maximum atomic E-state index is 11.8. The standard InChI is InChI=1S/C28H35N5O3/c1-2-27(34)33-17-22(18-33)31-10-3-4-20(8-11-31)21-5-6-26-24(16-21)30-28-23(19-36-26)25(7-9-29-28)32-12-14-35-15-13-32/h2,5-7,9,16,20,22H,1,3-4,8,10-15,17-19H2,(H,29,30). The summed E-state index contributed by atoms with van der Waals surface area (Å²) in [5.74, 6) is 2.32. The Bertz CT molecular complexity index is 1130. The Morgan fingerprint density at radius 1 is 1.11 bits per heavy atom. The SMILES string of the molecule is C=CC(=O)N1CC(N2CCCC(c3ccc4c(c3)Nc3nccc(N5CCOCC5)c3CO4)CC2)C1. The zero-order valence-corrected chi connectivity index (χ0v) is 20.8. The predicted molar refractivity (Wildman–Crippen MR) is 140 cm³/mol. The second-order valence-corrected chi connectivity index (χ2v) is 10.2. The molecule has 5 heterocycles. The fraction of sp³-hybridized carbons (Fsp3) is 0.500. The molecular formula is C28H35N5O3. The molecule has 8 heteroatoms. The predicted octanol–water partition coefficient (Wildman–Crippen LogP) is 3.52. The number of nitrogens with zero attached hydrogens (tertiary/aromatic N) is 4. The number of likely N-dealkylation sites (tertiary alicyclic amines) is 2. The summed E-state index contributed by atoms with van der Waals surface area (Å²) in [6.45, 7) is 11.2.